The number of methoxy groups -OCH3 is 1. The van der Waals surface area contributed by atoms with Crippen LogP contribution in [0.3, 0.4) is 0 Å². The molecule has 102 valence electrons. The number of rotatable bonds is 6. The summed E-state index contributed by atoms with van der Waals surface area (Å²) in [7, 11) is 1.73. The Bertz CT molecular complexity index is 352. The quantitative estimate of drug-likeness (QED) is 0.822. The lowest BCUT2D eigenvalue weighted by atomic mass is 9.91. The Labute approximate surface area is 112 Å². The highest BCUT2D eigenvalue weighted by atomic mass is 16.5. The minimum Gasteiger partial charge on any atom is -0.496 e. The molecule has 18 heavy (non-hydrogen) atoms. The average molecular weight is 249 g/mol. The van der Waals surface area contributed by atoms with Gasteiger partial charge < -0.3 is 10.1 Å². The maximum Gasteiger partial charge on any atom is 0.123 e. The Hall–Kier alpha value is -1.02. The Kier molecular flexibility index (Phi) is 5.67. The molecule has 0 radical (unpaired) electrons. The molecule has 1 atom stereocenters. The van der Waals surface area contributed by atoms with Crippen LogP contribution in [-0.4, -0.2) is 13.2 Å². The van der Waals surface area contributed by atoms with Crippen LogP contribution in [0.15, 0.2) is 24.3 Å². The number of nitrogens with one attached hydrogen (secondary N) is 1. The molecular weight excluding hydrogens is 222 g/mol. The second kappa shape index (κ2) is 6.79. The third-order valence-corrected chi connectivity index (χ3v) is 3.48. The van der Waals surface area contributed by atoms with E-state index in [2.05, 4.69) is 52.1 Å². The fraction of sp³-hybridized carbons (Fsp3) is 0.625. The molecule has 0 aliphatic rings. The SMILES string of the molecule is COc1ccccc1C(C)NC(C(C)C)C(C)C. The average Bonchev–Trinajstić information content (AvgIpc) is 2.34. The first-order chi connectivity index (χ1) is 8.47. The maximum absolute atomic E-state index is 5.43. The fourth-order valence-electron chi connectivity index (χ4n) is 2.56. The zero-order valence-electron chi connectivity index (χ0n) is 12.5. The van der Waals surface area contributed by atoms with E-state index in [1.807, 2.05) is 12.1 Å². The molecule has 1 N–H and O–H groups in total. The minimum atomic E-state index is 0.302. The molecule has 0 aromatic heterocycles. The van der Waals surface area contributed by atoms with E-state index in [1.54, 1.807) is 7.11 Å². The van der Waals surface area contributed by atoms with Gasteiger partial charge in [0.1, 0.15) is 5.75 Å². The van der Waals surface area contributed by atoms with Gasteiger partial charge in [-0.05, 0) is 24.8 Å². The second-order valence-corrected chi connectivity index (χ2v) is 5.64. The van der Waals surface area contributed by atoms with Crippen LogP contribution < -0.4 is 10.1 Å². The van der Waals surface area contributed by atoms with Crippen LogP contribution in [0.2, 0.25) is 0 Å². The summed E-state index contributed by atoms with van der Waals surface area (Å²) in [5.41, 5.74) is 1.23. The standard InChI is InChI=1S/C16H27NO/c1-11(2)16(12(3)4)17-13(5)14-9-7-8-10-15(14)18-6/h7-13,16-17H,1-6H3. The molecule has 0 aliphatic heterocycles. The van der Waals surface area contributed by atoms with E-state index in [0.29, 0.717) is 23.9 Å². The predicted octanol–water partition coefficient (Wildman–Crippen LogP) is 4.03. The molecule has 1 aromatic carbocycles. The lowest BCUT2D eigenvalue weighted by Crippen LogP contribution is -2.39. The summed E-state index contributed by atoms with van der Waals surface area (Å²) in [6, 6.07) is 9.05. The van der Waals surface area contributed by atoms with E-state index in [9.17, 15) is 0 Å². The van der Waals surface area contributed by atoms with E-state index in [-0.39, 0.29) is 0 Å². The van der Waals surface area contributed by atoms with Crippen LogP contribution in [0.1, 0.15) is 46.2 Å². The van der Waals surface area contributed by atoms with Crippen LogP contribution in [0.4, 0.5) is 0 Å². The molecule has 1 aromatic rings. The molecule has 1 unspecified atom stereocenters. The van der Waals surface area contributed by atoms with E-state index in [1.165, 1.54) is 5.56 Å². The Morgan fingerprint density at radius 2 is 1.50 bits per heavy atom. The van der Waals surface area contributed by atoms with Gasteiger partial charge >= 0.3 is 0 Å². The highest BCUT2D eigenvalue weighted by Crippen LogP contribution is 2.26. The van der Waals surface area contributed by atoms with Crippen molar-refractivity contribution in [1.29, 1.82) is 0 Å². The van der Waals surface area contributed by atoms with Crippen molar-refractivity contribution in [2.75, 3.05) is 7.11 Å². The van der Waals surface area contributed by atoms with Crippen molar-refractivity contribution in [3.63, 3.8) is 0 Å². The number of ether oxygens (including phenoxy) is 1. The first-order valence-corrected chi connectivity index (χ1v) is 6.86. The molecular formula is C16H27NO. The monoisotopic (exact) mass is 249 g/mol. The van der Waals surface area contributed by atoms with Gasteiger partial charge in [-0.1, -0.05) is 45.9 Å². The first kappa shape index (κ1) is 15.0. The molecule has 0 bridgehead atoms. The van der Waals surface area contributed by atoms with Gasteiger partial charge in [-0.15, -0.1) is 0 Å². The topological polar surface area (TPSA) is 21.3 Å². The molecule has 2 nitrogen and oxygen atoms in total. The molecule has 0 heterocycles. The number of hydrogen-bond acceptors (Lipinski definition) is 2. The van der Waals surface area contributed by atoms with Crippen molar-refractivity contribution >= 4 is 0 Å². The van der Waals surface area contributed by atoms with Crippen molar-refractivity contribution < 1.29 is 4.74 Å². The van der Waals surface area contributed by atoms with Crippen molar-refractivity contribution in [2.45, 2.75) is 46.7 Å². The normalized spacial score (nSPS) is 13.4. The van der Waals surface area contributed by atoms with Gasteiger partial charge in [0.15, 0.2) is 0 Å². The third-order valence-electron chi connectivity index (χ3n) is 3.48. The predicted molar refractivity (Wildman–Crippen MR) is 78.0 cm³/mol. The molecule has 0 saturated heterocycles. The number of hydrogen-bond donors (Lipinski definition) is 1. The van der Waals surface area contributed by atoms with Gasteiger partial charge in [0.2, 0.25) is 0 Å². The fourth-order valence-corrected chi connectivity index (χ4v) is 2.56. The summed E-state index contributed by atoms with van der Waals surface area (Å²) < 4.78 is 5.43. The molecule has 2 heteroatoms. The summed E-state index contributed by atoms with van der Waals surface area (Å²) in [4.78, 5) is 0. The van der Waals surface area contributed by atoms with Crippen LogP contribution in [0.25, 0.3) is 0 Å². The lowest BCUT2D eigenvalue weighted by Gasteiger charge is -2.30. The summed E-state index contributed by atoms with van der Waals surface area (Å²) >= 11 is 0. The second-order valence-electron chi connectivity index (χ2n) is 5.64. The Morgan fingerprint density at radius 1 is 0.944 bits per heavy atom. The summed E-state index contributed by atoms with van der Waals surface area (Å²) in [6.07, 6.45) is 0. The van der Waals surface area contributed by atoms with Gasteiger partial charge in [0.05, 0.1) is 7.11 Å². The van der Waals surface area contributed by atoms with Crippen molar-refractivity contribution in [2.24, 2.45) is 11.8 Å². The molecule has 0 fully saturated rings. The lowest BCUT2D eigenvalue weighted by molar-refractivity contribution is 0.287. The minimum absolute atomic E-state index is 0.302. The third kappa shape index (κ3) is 3.74. The van der Waals surface area contributed by atoms with E-state index in [4.69, 9.17) is 4.74 Å². The Balaban J connectivity index is 2.83. The van der Waals surface area contributed by atoms with Crippen LogP contribution in [0.5, 0.6) is 5.75 Å². The summed E-state index contributed by atoms with van der Waals surface area (Å²) in [6.45, 7) is 11.3. The Morgan fingerprint density at radius 3 is 2.00 bits per heavy atom. The molecule has 0 spiro atoms. The van der Waals surface area contributed by atoms with Crippen molar-refractivity contribution in [3.8, 4) is 5.75 Å². The smallest absolute Gasteiger partial charge is 0.123 e. The van der Waals surface area contributed by atoms with Crippen LogP contribution >= 0.6 is 0 Å². The molecule has 0 aliphatic carbocycles. The summed E-state index contributed by atoms with van der Waals surface area (Å²) in [5.74, 6) is 2.22. The van der Waals surface area contributed by atoms with Gasteiger partial charge in [0, 0.05) is 17.6 Å². The van der Waals surface area contributed by atoms with E-state index >= 15 is 0 Å². The molecule has 0 amide bonds. The zero-order chi connectivity index (χ0) is 13.7. The van der Waals surface area contributed by atoms with Gasteiger partial charge in [-0.3, -0.25) is 0 Å². The van der Waals surface area contributed by atoms with Crippen molar-refractivity contribution in [3.05, 3.63) is 29.8 Å². The molecule has 1 rings (SSSR count). The van der Waals surface area contributed by atoms with Crippen LogP contribution in [-0.2, 0) is 0 Å². The van der Waals surface area contributed by atoms with Gasteiger partial charge in [-0.25, -0.2) is 0 Å². The van der Waals surface area contributed by atoms with Crippen LogP contribution in [0, 0.1) is 11.8 Å². The largest absolute Gasteiger partial charge is 0.496 e. The number of para-hydroxylation sites is 1. The first-order valence-electron chi connectivity index (χ1n) is 6.86. The van der Waals surface area contributed by atoms with E-state index < -0.39 is 0 Å². The highest BCUT2D eigenvalue weighted by Gasteiger charge is 2.21. The zero-order valence-corrected chi connectivity index (χ0v) is 12.5. The maximum atomic E-state index is 5.43. The summed E-state index contributed by atoms with van der Waals surface area (Å²) in [5, 5.41) is 3.73. The van der Waals surface area contributed by atoms with Gasteiger partial charge in [0.25, 0.3) is 0 Å². The highest BCUT2D eigenvalue weighted by molar-refractivity contribution is 5.35. The van der Waals surface area contributed by atoms with E-state index in [0.717, 1.165) is 5.75 Å². The van der Waals surface area contributed by atoms with Crippen molar-refractivity contribution in [1.82, 2.24) is 5.32 Å². The molecule has 0 saturated carbocycles. The van der Waals surface area contributed by atoms with Gasteiger partial charge in [-0.2, -0.15) is 0 Å². The number of benzene rings is 1.